The van der Waals surface area contributed by atoms with Crippen molar-refractivity contribution in [2.45, 2.75) is 57.9 Å². The van der Waals surface area contributed by atoms with Crippen molar-refractivity contribution in [2.75, 3.05) is 0 Å². The monoisotopic (exact) mass is 246 g/mol. The van der Waals surface area contributed by atoms with E-state index in [4.69, 9.17) is 5.84 Å². The van der Waals surface area contributed by atoms with Crippen molar-refractivity contribution in [1.82, 2.24) is 5.43 Å². The van der Waals surface area contributed by atoms with E-state index >= 15 is 0 Å². The van der Waals surface area contributed by atoms with Crippen molar-refractivity contribution in [3.8, 4) is 0 Å². The van der Waals surface area contributed by atoms with Gasteiger partial charge in [-0.25, -0.2) is 0 Å². The number of nitrogens with two attached hydrogens (primary N) is 1. The molecule has 0 heterocycles. The van der Waals surface area contributed by atoms with Gasteiger partial charge in [0, 0.05) is 6.04 Å². The summed E-state index contributed by atoms with van der Waals surface area (Å²) in [6.45, 7) is 2.12. The fraction of sp³-hybridized carbons (Fsp3) is 0.625. The maximum atomic E-state index is 5.75. The van der Waals surface area contributed by atoms with Gasteiger partial charge in [0.1, 0.15) is 0 Å². The first-order valence-electron chi connectivity index (χ1n) is 7.32. The van der Waals surface area contributed by atoms with Crippen LogP contribution >= 0.6 is 0 Å². The Balaban J connectivity index is 1.97. The maximum Gasteiger partial charge on any atom is 0.0462 e. The van der Waals surface area contributed by atoms with Gasteiger partial charge in [0.15, 0.2) is 0 Å². The molecular formula is C16H26N2. The van der Waals surface area contributed by atoms with E-state index in [1.807, 2.05) is 0 Å². The van der Waals surface area contributed by atoms with Crippen LogP contribution in [-0.4, -0.2) is 0 Å². The summed E-state index contributed by atoms with van der Waals surface area (Å²) in [6.07, 6.45) is 9.57. The van der Waals surface area contributed by atoms with Crippen LogP contribution in [0, 0.1) is 12.8 Å². The van der Waals surface area contributed by atoms with Gasteiger partial charge in [-0.15, -0.1) is 0 Å². The highest BCUT2D eigenvalue weighted by Gasteiger charge is 2.18. The predicted octanol–water partition coefficient (Wildman–Crippen LogP) is 3.86. The number of aryl methyl sites for hydroxylation is 1. The fourth-order valence-electron chi connectivity index (χ4n) is 3.03. The lowest BCUT2D eigenvalue weighted by molar-refractivity contribution is 0.359. The molecule has 0 aliphatic heterocycles. The summed E-state index contributed by atoms with van der Waals surface area (Å²) in [7, 11) is 0. The standard InChI is InChI=1S/C16H26N2/c1-13-8-10-15(11-9-13)16(18-17)12-14-6-4-2-3-5-7-14/h8-11,14,16,18H,2-7,12,17H2,1H3. The second kappa shape index (κ2) is 6.91. The molecule has 0 bridgehead atoms. The lowest BCUT2D eigenvalue weighted by Crippen LogP contribution is -2.29. The van der Waals surface area contributed by atoms with Gasteiger partial charge in [-0.2, -0.15) is 0 Å². The first kappa shape index (κ1) is 13.6. The maximum absolute atomic E-state index is 5.75. The Bertz CT molecular complexity index is 337. The van der Waals surface area contributed by atoms with Gasteiger partial charge >= 0.3 is 0 Å². The van der Waals surface area contributed by atoms with E-state index in [2.05, 4.69) is 36.6 Å². The average molecular weight is 246 g/mol. The second-order valence-electron chi connectivity index (χ2n) is 5.72. The summed E-state index contributed by atoms with van der Waals surface area (Å²) < 4.78 is 0. The zero-order valence-corrected chi connectivity index (χ0v) is 11.5. The molecule has 100 valence electrons. The Hall–Kier alpha value is -0.860. The molecule has 1 unspecified atom stereocenters. The van der Waals surface area contributed by atoms with Crippen LogP contribution in [0.15, 0.2) is 24.3 Å². The summed E-state index contributed by atoms with van der Waals surface area (Å²) in [5.74, 6) is 6.59. The highest BCUT2D eigenvalue weighted by atomic mass is 15.2. The number of nitrogens with one attached hydrogen (secondary N) is 1. The largest absolute Gasteiger partial charge is 0.271 e. The van der Waals surface area contributed by atoms with Gasteiger partial charge in [0.2, 0.25) is 0 Å². The van der Waals surface area contributed by atoms with Crippen molar-refractivity contribution >= 4 is 0 Å². The number of hydrogen-bond donors (Lipinski definition) is 2. The normalized spacial score (nSPS) is 19.4. The van der Waals surface area contributed by atoms with E-state index in [0.29, 0.717) is 6.04 Å². The summed E-state index contributed by atoms with van der Waals surface area (Å²) in [5.41, 5.74) is 5.64. The Morgan fingerprint density at radius 1 is 1.11 bits per heavy atom. The molecule has 0 radical (unpaired) electrons. The minimum absolute atomic E-state index is 0.314. The topological polar surface area (TPSA) is 38.0 Å². The minimum atomic E-state index is 0.314. The molecule has 1 atom stereocenters. The molecule has 0 aromatic heterocycles. The van der Waals surface area contributed by atoms with E-state index in [-0.39, 0.29) is 0 Å². The molecular weight excluding hydrogens is 220 g/mol. The van der Waals surface area contributed by atoms with E-state index < -0.39 is 0 Å². The number of benzene rings is 1. The van der Waals surface area contributed by atoms with Crippen LogP contribution in [0.3, 0.4) is 0 Å². The number of hydrazine groups is 1. The molecule has 2 nitrogen and oxygen atoms in total. The first-order valence-corrected chi connectivity index (χ1v) is 7.32. The predicted molar refractivity (Wildman–Crippen MR) is 77.1 cm³/mol. The first-order chi connectivity index (χ1) is 8.79. The third-order valence-corrected chi connectivity index (χ3v) is 4.22. The zero-order chi connectivity index (χ0) is 12.8. The molecule has 2 rings (SSSR count). The smallest absolute Gasteiger partial charge is 0.0462 e. The Morgan fingerprint density at radius 3 is 2.28 bits per heavy atom. The molecule has 1 fully saturated rings. The van der Waals surface area contributed by atoms with Crippen molar-refractivity contribution in [2.24, 2.45) is 11.8 Å². The van der Waals surface area contributed by atoms with Crippen LogP contribution in [0.5, 0.6) is 0 Å². The van der Waals surface area contributed by atoms with Crippen LogP contribution in [-0.2, 0) is 0 Å². The Kier molecular flexibility index (Phi) is 5.21. The molecule has 0 saturated heterocycles. The molecule has 1 aliphatic rings. The SMILES string of the molecule is Cc1ccc(C(CC2CCCCCC2)NN)cc1. The molecule has 1 saturated carbocycles. The van der Waals surface area contributed by atoms with Gasteiger partial charge in [-0.1, -0.05) is 68.4 Å². The lowest BCUT2D eigenvalue weighted by Gasteiger charge is -2.22. The lowest BCUT2D eigenvalue weighted by atomic mass is 9.89. The second-order valence-corrected chi connectivity index (χ2v) is 5.72. The summed E-state index contributed by atoms with van der Waals surface area (Å²) in [6, 6.07) is 9.07. The van der Waals surface area contributed by atoms with Crippen LogP contribution in [0.4, 0.5) is 0 Å². The van der Waals surface area contributed by atoms with E-state index in [9.17, 15) is 0 Å². The van der Waals surface area contributed by atoms with E-state index in [1.54, 1.807) is 0 Å². The Labute approximate surface area is 111 Å². The quantitative estimate of drug-likeness (QED) is 0.481. The zero-order valence-electron chi connectivity index (χ0n) is 11.5. The summed E-state index contributed by atoms with van der Waals surface area (Å²) >= 11 is 0. The van der Waals surface area contributed by atoms with Crippen molar-refractivity contribution in [1.29, 1.82) is 0 Å². The average Bonchev–Trinajstić information content (AvgIpc) is 2.66. The van der Waals surface area contributed by atoms with Gasteiger partial charge in [0.25, 0.3) is 0 Å². The van der Waals surface area contributed by atoms with Crippen LogP contribution in [0.2, 0.25) is 0 Å². The Morgan fingerprint density at radius 2 is 1.72 bits per heavy atom. The molecule has 1 aromatic carbocycles. The molecule has 2 heteroatoms. The third kappa shape index (κ3) is 3.82. The van der Waals surface area contributed by atoms with E-state index in [1.165, 1.54) is 56.1 Å². The highest BCUT2D eigenvalue weighted by Crippen LogP contribution is 2.30. The molecule has 0 amide bonds. The fourth-order valence-corrected chi connectivity index (χ4v) is 3.03. The van der Waals surface area contributed by atoms with Crippen molar-refractivity contribution < 1.29 is 0 Å². The third-order valence-electron chi connectivity index (χ3n) is 4.22. The van der Waals surface area contributed by atoms with Crippen molar-refractivity contribution in [3.63, 3.8) is 0 Å². The molecule has 0 spiro atoms. The van der Waals surface area contributed by atoms with Gasteiger partial charge < -0.3 is 0 Å². The molecule has 1 aromatic rings. The summed E-state index contributed by atoms with van der Waals surface area (Å²) in [5, 5.41) is 0. The molecule has 3 N–H and O–H groups in total. The van der Waals surface area contributed by atoms with Crippen molar-refractivity contribution in [3.05, 3.63) is 35.4 Å². The van der Waals surface area contributed by atoms with Crippen LogP contribution in [0.25, 0.3) is 0 Å². The number of hydrogen-bond acceptors (Lipinski definition) is 2. The summed E-state index contributed by atoms with van der Waals surface area (Å²) in [4.78, 5) is 0. The van der Waals surface area contributed by atoms with Crippen LogP contribution in [0.1, 0.15) is 62.1 Å². The van der Waals surface area contributed by atoms with Gasteiger partial charge in [-0.05, 0) is 24.8 Å². The highest BCUT2D eigenvalue weighted by molar-refractivity contribution is 5.24. The minimum Gasteiger partial charge on any atom is -0.271 e. The van der Waals surface area contributed by atoms with Gasteiger partial charge in [-0.3, -0.25) is 11.3 Å². The van der Waals surface area contributed by atoms with Gasteiger partial charge in [0.05, 0.1) is 0 Å². The molecule has 1 aliphatic carbocycles. The van der Waals surface area contributed by atoms with Crippen LogP contribution < -0.4 is 11.3 Å². The number of rotatable bonds is 4. The molecule has 18 heavy (non-hydrogen) atoms. The van der Waals surface area contributed by atoms with E-state index in [0.717, 1.165) is 5.92 Å².